The second-order valence-electron chi connectivity index (χ2n) is 5.83. The van der Waals surface area contributed by atoms with E-state index in [1.807, 2.05) is 31.2 Å². The lowest BCUT2D eigenvalue weighted by atomic mass is 10.2. The number of nitrogens with one attached hydrogen (secondary N) is 2. The number of carbonyl (C=O) groups excluding carboxylic acids is 1. The number of nitro benzene ring substituents is 1. The summed E-state index contributed by atoms with van der Waals surface area (Å²) in [5.41, 5.74) is 0.584. The summed E-state index contributed by atoms with van der Waals surface area (Å²) in [6.07, 6.45) is 0. The molecule has 0 saturated carbocycles. The number of carbonyl (C=O) groups is 1. The van der Waals surface area contributed by atoms with Crippen LogP contribution >= 0.6 is 23.4 Å². The smallest absolute Gasteiger partial charge is 0.358 e. The largest absolute Gasteiger partial charge is 0.362 e. The van der Waals surface area contributed by atoms with Crippen LogP contribution in [0.3, 0.4) is 0 Å². The van der Waals surface area contributed by atoms with Crippen molar-refractivity contribution in [1.29, 1.82) is 0 Å². The summed E-state index contributed by atoms with van der Waals surface area (Å²) in [5.74, 6) is -1.46. The molecule has 0 unspecified atom stereocenters. The Morgan fingerprint density at radius 1 is 1.10 bits per heavy atom. The molecule has 148 valence electrons. The molecule has 12 heteroatoms. The molecule has 0 radical (unpaired) electrons. The lowest BCUT2D eigenvalue weighted by Crippen LogP contribution is -2.13. The van der Waals surface area contributed by atoms with Gasteiger partial charge in [-0.1, -0.05) is 46.2 Å². The number of aromatic nitrogens is 2. The Hall–Kier alpha value is -3.44. The van der Waals surface area contributed by atoms with Crippen LogP contribution in [0.5, 0.6) is 0 Å². The van der Waals surface area contributed by atoms with E-state index in [0.717, 1.165) is 10.5 Å². The number of nitrogens with zero attached hydrogens (tertiary/aromatic N) is 3. The Morgan fingerprint density at radius 3 is 2.38 bits per heavy atom. The topological polar surface area (TPSA) is 144 Å². The van der Waals surface area contributed by atoms with Gasteiger partial charge >= 0.3 is 5.82 Å². The molecule has 29 heavy (non-hydrogen) atoms. The van der Waals surface area contributed by atoms with Crippen LogP contribution in [-0.2, 0) is 0 Å². The summed E-state index contributed by atoms with van der Waals surface area (Å²) >= 11 is 7.09. The number of amides is 1. The maximum absolute atomic E-state index is 12.4. The zero-order valence-corrected chi connectivity index (χ0v) is 16.3. The summed E-state index contributed by atoms with van der Waals surface area (Å²) in [4.78, 5) is 34.5. The molecule has 10 nitrogen and oxygen atoms in total. The van der Waals surface area contributed by atoms with Crippen LogP contribution in [0, 0.1) is 27.2 Å². The molecule has 0 aliphatic carbocycles. The number of anilines is 1. The van der Waals surface area contributed by atoms with Crippen molar-refractivity contribution in [2.75, 3.05) is 5.32 Å². The lowest BCUT2D eigenvalue weighted by molar-refractivity contribution is -0.389. The zero-order valence-electron chi connectivity index (χ0n) is 14.7. The van der Waals surface area contributed by atoms with Crippen molar-refractivity contribution in [2.45, 2.75) is 16.7 Å². The van der Waals surface area contributed by atoms with Gasteiger partial charge in [-0.15, -0.1) is 5.10 Å². The van der Waals surface area contributed by atoms with Gasteiger partial charge in [-0.05, 0) is 30.0 Å². The Kier molecular flexibility index (Phi) is 5.80. The van der Waals surface area contributed by atoms with Crippen molar-refractivity contribution < 1.29 is 14.6 Å². The van der Waals surface area contributed by atoms with Gasteiger partial charge in [0.05, 0.1) is 4.92 Å². The maximum atomic E-state index is 12.4. The highest BCUT2D eigenvalue weighted by Crippen LogP contribution is 2.33. The Morgan fingerprint density at radius 2 is 1.79 bits per heavy atom. The first kappa shape index (κ1) is 20.3. The van der Waals surface area contributed by atoms with Crippen molar-refractivity contribution >= 4 is 46.5 Å². The van der Waals surface area contributed by atoms with Crippen molar-refractivity contribution in [3.05, 3.63) is 79.0 Å². The van der Waals surface area contributed by atoms with Gasteiger partial charge < -0.3 is 15.4 Å². The first-order chi connectivity index (χ1) is 13.7. The van der Waals surface area contributed by atoms with Crippen molar-refractivity contribution in [1.82, 2.24) is 10.2 Å². The zero-order chi connectivity index (χ0) is 21.1. The number of hydrogen-bond acceptors (Lipinski definition) is 7. The second kappa shape index (κ2) is 8.29. The molecule has 1 aromatic heterocycles. The van der Waals surface area contributed by atoms with E-state index in [4.69, 9.17) is 11.6 Å². The van der Waals surface area contributed by atoms with Gasteiger partial charge in [-0.2, -0.15) is 0 Å². The number of H-pyrrole nitrogens is 1. The Labute approximate surface area is 172 Å². The number of aryl methyl sites for hydroxylation is 1. The molecule has 2 N–H and O–H groups in total. The third-order valence-electron chi connectivity index (χ3n) is 3.70. The highest BCUT2D eigenvalue weighted by Gasteiger charge is 2.25. The fourth-order valence-electron chi connectivity index (χ4n) is 2.34. The molecule has 2 aromatic carbocycles. The summed E-state index contributed by atoms with van der Waals surface area (Å²) in [5, 5.41) is 29.7. The van der Waals surface area contributed by atoms with E-state index >= 15 is 0 Å². The van der Waals surface area contributed by atoms with E-state index < -0.39 is 32.3 Å². The molecule has 3 rings (SSSR count). The van der Waals surface area contributed by atoms with E-state index in [9.17, 15) is 25.0 Å². The van der Waals surface area contributed by atoms with Crippen LogP contribution < -0.4 is 5.32 Å². The van der Waals surface area contributed by atoms with Gasteiger partial charge in [0.2, 0.25) is 0 Å². The molecule has 0 saturated heterocycles. The summed E-state index contributed by atoms with van der Waals surface area (Å²) in [6, 6.07) is 11.7. The van der Waals surface area contributed by atoms with Gasteiger partial charge in [0.1, 0.15) is 0 Å². The molecule has 0 aliphatic heterocycles. The van der Waals surface area contributed by atoms with Gasteiger partial charge in [0, 0.05) is 27.6 Å². The van der Waals surface area contributed by atoms with Gasteiger partial charge in [0.15, 0.2) is 10.7 Å². The van der Waals surface area contributed by atoms with Gasteiger partial charge in [0.25, 0.3) is 11.6 Å². The van der Waals surface area contributed by atoms with Crippen molar-refractivity contribution in [3.8, 4) is 0 Å². The molecule has 0 bridgehead atoms. The highest BCUT2D eigenvalue weighted by atomic mass is 35.5. The fraction of sp³-hybridized carbons (Fsp3) is 0.0588. The van der Waals surface area contributed by atoms with E-state index in [1.165, 1.54) is 23.9 Å². The van der Waals surface area contributed by atoms with Gasteiger partial charge in [-0.3, -0.25) is 14.9 Å². The van der Waals surface area contributed by atoms with Gasteiger partial charge in [-0.25, -0.2) is 0 Å². The standard InChI is InChI=1S/C17H12ClN5O5S/c1-9-2-4-12(5-3-9)29-13-7-10(6-11(8-13)22(25)26)19-17(24)15-14(18)16(21-20-15)23(27)28/h2-8H,1H3,(H,19,24)(H,20,21). The summed E-state index contributed by atoms with van der Waals surface area (Å²) in [6.45, 7) is 1.94. The maximum Gasteiger partial charge on any atom is 0.362 e. The van der Waals surface area contributed by atoms with E-state index in [1.54, 1.807) is 6.07 Å². The molecule has 1 heterocycles. The van der Waals surface area contributed by atoms with E-state index in [-0.39, 0.29) is 11.4 Å². The minimum absolute atomic E-state index is 0.125. The van der Waals surface area contributed by atoms with E-state index in [0.29, 0.717) is 4.90 Å². The fourth-order valence-corrected chi connectivity index (χ4v) is 3.49. The second-order valence-corrected chi connectivity index (χ2v) is 7.36. The molecule has 1 amide bonds. The summed E-state index contributed by atoms with van der Waals surface area (Å²) < 4.78 is 0. The molecule has 0 spiro atoms. The number of halogens is 1. The SMILES string of the molecule is Cc1ccc(Sc2cc(NC(=O)c3n[nH]c([N+](=O)[O-])c3Cl)cc([N+](=O)[O-])c2)cc1. The predicted molar refractivity (Wildman–Crippen MR) is 107 cm³/mol. The number of rotatable bonds is 6. The number of benzene rings is 2. The summed E-state index contributed by atoms with van der Waals surface area (Å²) in [7, 11) is 0. The molecule has 0 fully saturated rings. The molecular weight excluding hydrogens is 422 g/mol. The minimum Gasteiger partial charge on any atom is -0.358 e. The Balaban J connectivity index is 1.89. The van der Waals surface area contributed by atoms with Crippen LogP contribution in [-0.4, -0.2) is 26.0 Å². The lowest BCUT2D eigenvalue weighted by Gasteiger charge is -2.07. The van der Waals surface area contributed by atoms with Crippen LogP contribution in [0.25, 0.3) is 0 Å². The van der Waals surface area contributed by atoms with Crippen molar-refractivity contribution in [2.24, 2.45) is 0 Å². The first-order valence-corrected chi connectivity index (χ1v) is 9.17. The van der Waals surface area contributed by atoms with Crippen LogP contribution in [0.4, 0.5) is 17.2 Å². The minimum atomic E-state index is -0.842. The molecule has 0 atom stereocenters. The highest BCUT2D eigenvalue weighted by molar-refractivity contribution is 7.99. The predicted octanol–water partition coefficient (Wildman–Crippen LogP) is 4.59. The Bertz CT molecular complexity index is 1120. The average molecular weight is 434 g/mol. The van der Waals surface area contributed by atoms with Crippen LogP contribution in [0.1, 0.15) is 16.1 Å². The van der Waals surface area contributed by atoms with Crippen molar-refractivity contribution in [3.63, 3.8) is 0 Å². The molecular formula is C17H12ClN5O5S. The number of aromatic amines is 1. The monoisotopic (exact) mass is 433 g/mol. The van der Waals surface area contributed by atoms with Crippen LogP contribution in [0.2, 0.25) is 5.02 Å². The first-order valence-electron chi connectivity index (χ1n) is 7.98. The average Bonchev–Trinajstić information content (AvgIpc) is 3.05. The molecule has 0 aliphatic rings. The quantitative estimate of drug-likeness (QED) is 0.427. The third-order valence-corrected chi connectivity index (χ3v) is 5.04. The normalized spacial score (nSPS) is 10.6. The molecule has 3 aromatic rings. The number of non-ortho nitro benzene ring substituents is 1. The third kappa shape index (κ3) is 4.70. The van der Waals surface area contributed by atoms with E-state index in [2.05, 4.69) is 15.5 Å². The van der Waals surface area contributed by atoms with Crippen LogP contribution in [0.15, 0.2) is 52.3 Å². The number of nitro groups is 2. The number of hydrogen-bond donors (Lipinski definition) is 2.